The van der Waals surface area contributed by atoms with Crippen molar-refractivity contribution in [2.45, 2.75) is 36.8 Å². The van der Waals surface area contributed by atoms with E-state index in [4.69, 9.17) is 18.9 Å². The van der Waals surface area contributed by atoms with Gasteiger partial charge in [0.1, 0.15) is 46.4 Å². The molecule has 0 radical (unpaired) electrons. The van der Waals surface area contributed by atoms with Crippen LogP contribution in [0.1, 0.15) is 66.7 Å². The van der Waals surface area contributed by atoms with Crippen molar-refractivity contribution in [3.63, 3.8) is 0 Å². The number of rotatable bonds is 7. The third-order valence-corrected chi connectivity index (χ3v) is 10.7. The molecule has 2 heterocycles. The fourth-order valence-electron chi connectivity index (χ4n) is 7.80. The predicted molar refractivity (Wildman–Crippen MR) is 213 cm³/mol. The highest BCUT2D eigenvalue weighted by Crippen LogP contribution is 2.58. The molecule has 6 aromatic carbocycles. The van der Waals surface area contributed by atoms with Gasteiger partial charge in [-0.25, -0.2) is 9.59 Å². The van der Waals surface area contributed by atoms with Crippen molar-refractivity contribution in [1.29, 1.82) is 0 Å². The molecule has 20 heteroatoms. The lowest BCUT2D eigenvalue weighted by atomic mass is 9.77. The Bertz CT molecular complexity index is 2840. The van der Waals surface area contributed by atoms with Gasteiger partial charge in [-0.3, -0.25) is 0 Å². The van der Waals surface area contributed by atoms with E-state index in [1.165, 1.54) is 24.3 Å². The van der Waals surface area contributed by atoms with E-state index in [0.717, 1.165) is 54.6 Å². The molecule has 0 bridgehead atoms. The van der Waals surface area contributed by atoms with Crippen molar-refractivity contribution in [2.75, 3.05) is 0 Å². The Kier molecular flexibility index (Phi) is 10.1. The Balaban J connectivity index is 1.35. The van der Waals surface area contributed by atoms with E-state index < -0.39 is 140 Å². The third-order valence-electron chi connectivity index (χ3n) is 10.7. The van der Waals surface area contributed by atoms with Gasteiger partial charge in [-0.2, -0.15) is 0 Å². The van der Waals surface area contributed by atoms with E-state index in [0.29, 0.717) is 0 Å². The second-order valence-corrected chi connectivity index (χ2v) is 14.8. The topological polar surface area (TPSA) is 354 Å². The lowest BCUT2D eigenvalue weighted by Gasteiger charge is -2.42. The maximum Gasteiger partial charge on any atom is 0.338 e. The average Bonchev–Trinajstić information content (AvgIpc) is 3.23. The lowest BCUT2D eigenvalue weighted by Crippen LogP contribution is -2.40. The van der Waals surface area contributed by atoms with Crippen LogP contribution in [0.2, 0.25) is 0 Å². The first-order valence-corrected chi connectivity index (χ1v) is 18.7. The normalized spacial score (nSPS) is 18.7. The molecule has 14 N–H and O–H groups in total. The Morgan fingerprint density at radius 2 is 1.02 bits per heavy atom. The summed E-state index contributed by atoms with van der Waals surface area (Å²) in [6.07, 6.45) is -7.14. The van der Waals surface area contributed by atoms with Crippen LogP contribution < -0.4 is 9.47 Å². The first kappa shape index (κ1) is 41.8. The van der Waals surface area contributed by atoms with Crippen molar-refractivity contribution in [2.24, 2.45) is 0 Å². The van der Waals surface area contributed by atoms with Crippen molar-refractivity contribution < 1.29 is 100 Å². The van der Waals surface area contributed by atoms with Crippen LogP contribution in [-0.4, -0.2) is 95.6 Å². The van der Waals surface area contributed by atoms with Crippen molar-refractivity contribution in [3.05, 3.63) is 118 Å². The summed E-state index contributed by atoms with van der Waals surface area (Å²) in [6.45, 7) is 0. The highest BCUT2D eigenvalue weighted by atomic mass is 16.6. The summed E-state index contributed by atoms with van der Waals surface area (Å²) in [6, 6.07) is 13.1. The molecule has 330 valence electrons. The number of esters is 2. The molecule has 0 aliphatic carbocycles. The molecule has 0 amide bonds. The van der Waals surface area contributed by atoms with E-state index in [1.54, 1.807) is 0 Å². The van der Waals surface area contributed by atoms with Crippen molar-refractivity contribution >= 4 is 11.9 Å². The number of fused-ring (bicyclic) bond motifs is 2. The van der Waals surface area contributed by atoms with Gasteiger partial charge in [0.25, 0.3) is 0 Å². The van der Waals surface area contributed by atoms with E-state index in [1.807, 2.05) is 0 Å². The second-order valence-electron chi connectivity index (χ2n) is 14.8. The molecule has 2 aliphatic rings. The van der Waals surface area contributed by atoms with Crippen molar-refractivity contribution in [3.8, 4) is 92.0 Å². The first-order chi connectivity index (χ1) is 30.3. The van der Waals surface area contributed by atoms with Gasteiger partial charge < -0.3 is 90.4 Å². The van der Waals surface area contributed by atoms with Crippen LogP contribution in [0.5, 0.6) is 92.0 Å². The zero-order chi connectivity index (χ0) is 46.0. The van der Waals surface area contributed by atoms with Gasteiger partial charge in [0.15, 0.2) is 70.1 Å². The van der Waals surface area contributed by atoms with Crippen LogP contribution in [0.15, 0.2) is 78.9 Å². The first-order valence-electron chi connectivity index (χ1n) is 18.7. The highest BCUT2D eigenvalue weighted by Gasteiger charge is 2.49. The van der Waals surface area contributed by atoms with E-state index in [2.05, 4.69) is 0 Å². The molecule has 0 saturated heterocycles. The third kappa shape index (κ3) is 7.23. The summed E-state index contributed by atoms with van der Waals surface area (Å²) < 4.78 is 24.5. The second kappa shape index (κ2) is 15.5. The number of carbonyl (C=O) groups is 2. The van der Waals surface area contributed by atoms with Gasteiger partial charge in [-0.1, -0.05) is 12.1 Å². The summed E-state index contributed by atoms with van der Waals surface area (Å²) in [7, 11) is 0. The maximum atomic E-state index is 14.1. The number of carbonyl (C=O) groups excluding carboxylic acids is 2. The molecular weight excluding hydrogens is 848 g/mol. The largest absolute Gasteiger partial charge is 0.508 e. The van der Waals surface area contributed by atoms with Gasteiger partial charge in [0.05, 0.1) is 17.0 Å². The highest BCUT2D eigenvalue weighted by molar-refractivity contribution is 5.92. The molecule has 6 aromatic rings. The maximum absolute atomic E-state index is 14.1. The van der Waals surface area contributed by atoms with Gasteiger partial charge in [0.2, 0.25) is 0 Å². The standard InChI is InChI=1S/C44H34O20/c45-19-3-1-2-15(4-19)40-42(64-44(60)18-9-29(54)38(58)30(55)10-18)35(33-23(48)11-20(46)12-31(33)61-40)34-24(49)14-22(47)21-13-32(62-43(59)17-7-27(52)37(57)28(53)8-17)39(63-41(21)34)16-5-25(50)36(56)26(51)6-16/h1-12,14,32,35,39-40,42,45-58H,13H2/t32-,35-,39-,40-,42-/m1/s1. The minimum Gasteiger partial charge on any atom is -0.508 e. The van der Waals surface area contributed by atoms with Crippen molar-refractivity contribution in [1.82, 2.24) is 0 Å². The van der Waals surface area contributed by atoms with Crippen LogP contribution in [0.3, 0.4) is 0 Å². The number of hydrogen-bond acceptors (Lipinski definition) is 20. The number of phenolic OH excluding ortho intramolecular Hbond substituents is 14. The molecule has 0 fully saturated rings. The summed E-state index contributed by atoms with van der Waals surface area (Å²) in [5.74, 6) is -16.2. The molecule has 0 aromatic heterocycles. The molecule has 8 rings (SSSR count). The van der Waals surface area contributed by atoms with E-state index >= 15 is 0 Å². The fraction of sp³-hybridized carbons (Fsp3) is 0.136. The Hall–Kier alpha value is -8.94. The van der Waals surface area contributed by atoms with Crippen LogP contribution in [-0.2, 0) is 15.9 Å². The number of ether oxygens (including phenoxy) is 4. The molecule has 20 nitrogen and oxygen atoms in total. The Morgan fingerprint density at radius 1 is 0.484 bits per heavy atom. The average molecular weight is 883 g/mol. The van der Waals surface area contributed by atoms with Gasteiger partial charge in [-0.15, -0.1) is 0 Å². The number of aromatic hydroxyl groups is 14. The SMILES string of the molecule is O=C(O[C@@H]1[C@@H](c2c(O)cc(O)c3c2O[C@H](c2cc(O)c(O)c(O)c2)[C@H](OC(=O)c2cc(O)c(O)c(O)c2)C3)c2c(O)cc(O)cc2O[C@@H]1c1cccc(O)c1)c1cc(O)c(O)c(O)c1. The zero-order valence-corrected chi connectivity index (χ0v) is 32.3. The van der Waals surface area contributed by atoms with Crippen LogP contribution in [0, 0.1) is 0 Å². The fourth-order valence-corrected chi connectivity index (χ4v) is 7.80. The van der Waals surface area contributed by atoms with Gasteiger partial charge in [-0.05, 0) is 54.1 Å². The molecule has 0 saturated carbocycles. The van der Waals surface area contributed by atoms with E-state index in [-0.39, 0.29) is 39.3 Å². The van der Waals surface area contributed by atoms with E-state index in [9.17, 15) is 81.1 Å². The van der Waals surface area contributed by atoms with Gasteiger partial charge >= 0.3 is 11.9 Å². The van der Waals surface area contributed by atoms with Crippen LogP contribution in [0.25, 0.3) is 0 Å². The molecule has 2 aliphatic heterocycles. The van der Waals surface area contributed by atoms with Crippen LogP contribution >= 0.6 is 0 Å². The minimum atomic E-state index is -1.80. The summed E-state index contributed by atoms with van der Waals surface area (Å²) >= 11 is 0. The van der Waals surface area contributed by atoms with Crippen LogP contribution in [0.4, 0.5) is 0 Å². The molecular formula is C44H34O20. The molecule has 5 atom stereocenters. The summed E-state index contributed by atoms with van der Waals surface area (Å²) in [5.41, 5.74) is -1.98. The monoisotopic (exact) mass is 882 g/mol. The molecule has 0 unspecified atom stereocenters. The number of hydrogen-bond donors (Lipinski definition) is 14. The Labute approximate surface area is 358 Å². The molecule has 64 heavy (non-hydrogen) atoms. The molecule has 0 spiro atoms. The number of phenols is 14. The Morgan fingerprint density at radius 3 is 1.58 bits per heavy atom. The van der Waals surface area contributed by atoms with Gasteiger partial charge in [0, 0.05) is 46.9 Å². The summed E-state index contributed by atoms with van der Waals surface area (Å²) in [4.78, 5) is 27.6. The zero-order valence-electron chi connectivity index (χ0n) is 32.3. The summed E-state index contributed by atoms with van der Waals surface area (Å²) in [5, 5.41) is 148. The minimum absolute atomic E-state index is 0.104. The predicted octanol–water partition coefficient (Wildman–Crippen LogP) is 4.96. The number of benzene rings is 6. The quantitative estimate of drug-likeness (QED) is 0.0744. The smallest absolute Gasteiger partial charge is 0.338 e. The lowest BCUT2D eigenvalue weighted by molar-refractivity contribution is -0.0303.